The fourth-order valence-electron chi connectivity index (χ4n) is 1.12. The van der Waals surface area contributed by atoms with Gasteiger partial charge in [-0.15, -0.1) is 0 Å². The molecule has 0 N–H and O–H groups in total. The molecule has 0 aromatic heterocycles. The van der Waals surface area contributed by atoms with Gasteiger partial charge in [0, 0.05) is 5.56 Å². The second kappa shape index (κ2) is 5.58. The second-order valence-corrected chi connectivity index (χ2v) is 3.66. The van der Waals surface area contributed by atoms with Crippen LogP contribution >= 0.6 is 0 Å². The highest BCUT2D eigenvalue weighted by molar-refractivity contribution is 5.52. The lowest BCUT2D eigenvalue weighted by Crippen LogP contribution is -2.02. The van der Waals surface area contributed by atoms with Crippen LogP contribution in [0.25, 0.3) is 6.08 Å². The van der Waals surface area contributed by atoms with Gasteiger partial charge < -0.3 is 4.74 Å². The Morgan fingerprint density at radius 3 is 2.50 bits per heavy atom. The van der Waals surface area contributed by atoms with E-state index < -0.39 is 12.4 Å². The van der Waals surface area contributed by atoms with Crippen LogP contribution < -0.4 is 4.74 Å². The van der Waals surface area contributed by atoms with Crippen molar-refractivity contribution in [3.63, 3.8) is 0 Å². The molecule has 88 valence electrons. The number of alkyl halides is 2. The summed E-state index contributed by atoms with van der Waals surface area (Å²) in [6.07, 6.45) is 3.34. The van der Waals surface area contributed by atoms with Gasteiger partial charge in [-0.3, -0.25) is 0 Å². The van der Waals surface area contributed by atoms with E-state index in [1.807, 2.05) is 13.8 Å². The third-order valence-corrected chi connectivity index (χ3v) is 1.85. The van der Waals surface area contributed by atoms with Crippen LogP contribution in [-0.2, 0) is 0 Å². The molecule has 0 saturated carbocycles. The summed E-state index contributed by atoms with van der Waals surface area (Å²) in [5.74, 6) is -0.239. The molecule has 0 aliphatic rings. The van der Waals surface area contributed by atoms with E-state index in [-0.39, 0.29) is 17.2 Å². The highest BCUT2D eigenvalue weighted by atomic mass is 19.3. The summed E-state index contributed by atoms with van der Waals surface area (Å²) in [4.78, 5) is 0. The average molecular weight is 230 g/mol. The third-order valence-electron chi connectivity index (χ3n) is 1.85. The van der Waals surface area contributed by atoms with Gasteiger partial charge in [-0.05, 0) is 24.1 Å². The zero-order chi connectivity index (χ0) is 12.1. The Hall–Kier alpha value is -1.45. The van der Waals surface area contributed by atoms with E-state index in [1.54, 1.807) is 12.2 Å². The van der Waals surface area contributed by atoms with Crippen LogP contribution in [0.2, 0.25) is 0 Å². The third kappa shape index (κ3) is 3.96. The van der Waals surface area contributed by atoms with Crippen LogP contribution in [0.15, 0.2) is 24.3 Å². The molecule has 1 nitrogen and oxygen atoms in total. The molecule has 0 spiro atoms. The van der Waals surface area contributed by atoms with E-state index in [0.717, 1.165) is 6.07 Å². The molecule has 0 fully saturated rings. The van der Waals surface area contributed by atoms with Gasteiger partial charge >= 0.3 is 6.61 Å². The standard InChI is InChI=1S/C12H13F3O/c1-8(2)3-4-9-7-10(16-12(14)15)5-6-11(9)13/h3-8,12H,1-2H3. The van der Waals surface area contributed by atoms with Gasteiger partial charge in [-0.1, -0.05) is 26.0 Å². The Balaban J connectivity index is 2.90. The Labute approximate surface area is 92.5 Å². The number of halogens is 3. The van der Waals surface area contributed by atoms with Gasteiger partial charge in [0.25, 0.3) is 0 Å². The van der Waals surface area contributed by atoms with Gasteiger partial charge in [-0.2, -0.15) is 8.78 Å². The molecule has 0 radical (unpaired) electrons. The highest BCUT2D eigenvalue weighted by Gasteiger charge is 2.06. The lowest BCUT2D eigenvalue weighted by molar-refractivity contribution is -0.0498. The zero-order valence-corrected chi connectivity index (χ0v) is 9.08. The van der Waals surface area contributed by atoms with Crippen LogP contribution in [0.1, 0.15) is 19.4 Å². The van der Waals surface area contributed by atoms with Crippen molar-refractivity contribution < 1.29 is 17.9 Å². The number of hydrogen-bond acceptors (Lipinski definition) is 1. The van der Waals surface area contributed by atoms with Crippen LogP contribution in [0.5, 0.6) is 5.75 Å². The van der Waals surface area contributed by atoms with Crippen molar-refractivity contribution in [2.45, 2.75) is 20.5 Å². The lowest BCUT2D eigenvalue weighted by Gasteiger charge is -2.05. The van der Waals surface area contributed by atoms with Gasteiger partial charge in [0.05, 0.1) is 0 Å². The Bertz CT molecular complexity index is 373. The minimum atomic E-state index is -2.90. The molecule has 1 aromatic carbocycles. The Kier molecular flexibility index (Phi) is 4.40. The number of rotatable bonds is 4. The maximum absolute atomic E-state index is 13.3. The van der Waals surface area contributed by atoms with Gasteiger partial charge in [0.15, 0.2) is 0 Å². The van der Waals surface area contributed by atoms with Crippen molar-refractivity contribution in [2.75, 3.05) is 0 Å². The molecule has 0 atom stereocenters. The average Bonchev–Trinajstić information content (AvgIpc) is 2.18. The molecule has 0 aliphatic heterocycles. The summed E-state index contributed by atoms with van der Waals surface area (Å²) in [5.41, 5.74) is 0.242. The fourth-order valence-corrected chi connectivity index (χ4v) is 1.12. The molecule has 4 heteroatoms. The highest BCUT2D eigenvalue weighted by Crippen LogP contribution is 2.20. The van der Waals surface area contributed by atoms with Crippen molar-refractivity contribution in [3.05, 3.63) is 35.7 Å². The maximum Gasteiger partial charge on any atom is 0.387 e. The summed E-state index contributed by atoms with van der Waals surface area (Å²) in [6.45, 7) is 0.981. The van der Waals surface area contributed by atoms with E-state index >= 15 is 0 Å². The van der Waals surface area contributed by atoms with Crippen molar-refractivity contribution in [2.24, 2.45) is 5.92 Å². The lowest BCUT2D eigenvalue weighted by atomic mass is 10.1. The van der Waals surface area contributed by atoms with Crippen LogP contribution in [-0.4, -0.2) is 6.61 Å². The first-order chi connectivity index (χ1) is 7.49. The van der Waals surface area contributed by atoms with Crippen LogP contribution in [0, 0.1) is 11.7 Å². The van der Waals surface area contributed by atoms with Crippen molar-refractivity contribution in [1.29, 1.82) is 0 Å². The van der Waals surface area contributed by atoms with E-state index in [2.05, 4.69) is 4.74 Å². The molecule has 0 heterocycles. The molecule has 0 saturated heterocycles. The molecular weight excluding hydrogens is 217 g/mol. The van der Waals surface area contributed by atoms with E-state index in [9.17, 15) is 13.2 Å². The predicted octanol–water partition coefficient (Wildman–Crippen LogP) is 4.10. The molecule has 1 rings (SSSR count). The number of hydrogen-bond donors (Lipinski definition) is 0. The number of ether oxygens (including phenoxy) is 1. The van der Waals surface area contributed by atoms with Crippen LogP contribution in [0.3, 0.4) is 0 Å². The van der Waals surface area contributed by atoms with E-state index in [1.165, 1.54) is 12.1 Å². The second-order valence-electron chi connectivity index (χ2n) is 3.66. The molecule has 0 unspecified atom stereocenters. The van der Waals surface area contributed by atoms with Gasteiger partial charge in [0.2, 0.25) is 0 Å². The Morgan fingerprint density at radius 2 is 1.94 bits per heavy atom. The minimum Gasteiger partial charge on any atom is -0.435 e. The molecule has 0 bridgehead atoms. The summed E-state index contributed by atoms with van der Waals surface area (Å²) >= 11 is 0. The largest absolute Gasteiger partial charge is 0.435 e. The summed E-state index contributed by atoms with van der Waals surface area (Å²) in [5, 5.41) is 0. The monoisotopic (exact) mass is 230 g/mol. The summed E-state index contributed by atoms with van der Waals surface area (Å²) in [7, 11) is 0. The smallest absolute Gasteiger partial charge is 0.387 e. The van der Waals surface area contributed by atoms with Crippen molar-refractivity contribution in [1.82, 2.24) is 0 Å². The van der Waals surface area contributed by atoms with E-state index in [0.29, 0.717) is 0 Å². The molecule has 16 heavy (non-hydrogen) atoms. The first-order valence-corrected chi connectivity index (χ1v) is 4.91. The predicted molar refractivity (Wildman–Crippen MR) is 56.9 cm³/mol. The summed E-state index contributed by atoms with van der Waals surface area (Å²) in [6, 6.07) is 3.53. The minimum absolute atomic E-state index is 0.0418. The molecule has 0 aliphatic carbocycles. The normalized spacial score (nSPS) is 11.7. The van der Waals surface area contributed by atoms with Gasteiger partial charge in [-0.25, -0.2) is 4.39 Å². The maximum atomic E-state index is 13.3. The zero-order valence-electron chi connectivity index (χ0n) is 9.08. The van der Waals surface area contributed by atoms with Crippen molar-refractivity contribution >= 4 is 6.08 Å². The molecule has 1 aromatic rings. The van der Waals surface area contributed by atoms with E-state index in [4.69, 9.17) is 0 Å². The quantitative estimate of drug-likeness (QED) is 0.756. The molecule has 0 amide bonds. The molecular formula is C12H13F3O. The SMILES string of the molecule is CC(C)C=Cc1cc(OC(F)F)ccc1F. The number of benzene rings is 1. The Morgan fingerprint density at radius 1 is 1.25 bits per heavy atom. The fraction of sp³-hybridized carbons (Fsp3) is 0.333. The van der Waals surface area contributed by atoms with Gasteiger partial charge in [0.1, 0.15) is 11.6 Å². The van der Waals surface area contributed by atoms with Crippen LogP contribution in [0.4, 0.5) is 13.2 Å². The first-order valence-electron chi connectivity index (χ1n) is 4.91. The number of allylic oxidation sites excluding steroid dienone is 1. The first kappa shape index (κ1) is 12.6. The topological polar surface area (TPSA) is 9.23 Å². The van der Waals surface area contributed by atoms with Crippen molar-refractivity contribution in [3.8, 4) is 5.75 Å². The summed E-state index contributed by atoms with van der Waals surface area (Å²) < 4.78 is 41.3.